The summed E-state index contributed by atoms with van der Waals surface area (Å²) in [4.78, 5) is 30.1. The van der Waals surface area contributed by atoms with E-state index >= 15 is 0 Å². The Morgan fingerprint density at radius 1 is 1.21 bits per heavy atom. The smallest absolute Gasteiger partial charge is 0.217 e. The number of hydrogen-bond acceptors (Lipinski definition) is 5. The molecule has 7 atom stereocenters. The molecule has 1 amide bonds. The van der Waals surface area contributed by atoms with Crippen molar-refractivity contribution in [1.29, 1.82) is 0 Å². The van der Waals surface area contributed by atoms with E-state index in [1.54, 1.807) is 6.92 Å². The Bertz CT molecular complexity index is 707. The van der Waals surface area contributed by atoms with Crippen molar-refractivity contribution in [3.05, 3.63) is 0 Å². The zero-order valence-electron chi connectivity index (χ0n) is 18.2. The first-order chi connectivity index (χ1) is 13.8. The van der Waals surface area contributed by atoms with Crippen molar-refractivity contribution in [2.75, 3.05) is 13.2 Å². The van der Waals surface area contributed by atoms with Crippen LogP contribution in [0.25, 0.3) is 0 Å². The summed E-state index contributed by atoms with van der Waals surface area (Å²) in [6.07, 6.45) is 7.86. The summed E-state index contributed by atoms with van der Waals surface area (Å²) in [5.41, 5.74) is 6.66. The topological polar surface area (TPSA) is 93.8 Å². The molecule has 0 aliphatic heterocycles. The van der Waals surface area contributed by atoms with E-state index in [1.807, 2.05) is 0 Å². The van der Waals surface area contributed by atoms with Gasteiger partial charge in [0.2, 0.25) is 5.91 Å². The molecule has 0 aromatic carbocycles. The highest BCUT2D eigenvalue weighted by molar-refractivity contribution is 5.87. The lowest BCUT2D eigenvalue weighted by molar-refractivity contribution is -0.141. The van der Waals surface area contributed by atoms with E-state index in [9.17, 15) is 9.59 Å². The van der Waals surface area contributed by atoms with Gasteiger partial charge >= 0.3 is 0 Å². The summed E-state index contributed by atoms with van der Waals surface area (Å²) < 4.78 is 0. The minimum atomic E-state index is -0.136. The molecule has 0 aromatic rings. The minimum absolute atomic E-state index is 0.0420. The third kappa shape index (κ3) is 3.41. The van der Waals surface area contributed by atoms with Crippen LogP contribution < -0.4 is 11.1 Å². The molecule has 4 aliphatic rings. The molecule has 0 aromatic heterocycles. The molecule has 6 heteroatoms. The van der Waals surface area contributed by atoms with E-state index in [1.165, 1.54) is 0 Å². The number of rotatable bonds is 4. The lowest BCUT2D eigenvalue weighted by atomic mass is 9.44. The molecular weight excluding hydrogens is 366 g/mol. The number of nitrogens with zero attached hydrogens (tertiary/aromatic N) is 1. The van der Waals surface area contributed by atoms with Crippen LogP contribution in [0.4, 0.5) is 0 Å². The molecule has 4 rings (SSSR count). The molecule has 0 bridgehead atoms. The van der Waals surface area contributed by atoms with Crippen LogP contribution in [0.3, 0.4) is 0 Å². The Labute approximate surface area is 174 Å². The number of nitrogens with two attached hydrogens (primary N) is 1. The van der Waals surface area contributed by atoms with Crippen LogP contribution in [-0.4, -0.2) is 36.6 Å². The molecule has 1 unspecified atom stereocenters. The summed E-state index contributed by atoms with van der Waals surface area (Å²) in [6.45, 7) is 7.19. The average molecular weight is 404 g/mol. The van der Waals surface area contributed by atoms with Gasteiger partial charge < -0.3 is 15.9 Å². The number of carbonyl (C=O) groups excluding carboxylic acids is 2. The van der Waals surface area contributed by atoms with Gasteiger partial charge in [-0.2, -0.15) is 0 Å². The van der Waals surface area contributed by atoms with Crippen molar-refractivity contribution < 1.29 is 14.4 Å². The van der Waals surface area contributed by atoms with Crippen LogP contribution in [0.1, 0.15) is 72.1 Å². The normalized spacial score (nSPS) is 45.3. The fourth-order valence-electron chi connectivity index (χ4n) is 7.61. The molecule has 162 valence electrons. The summed E-state index contributed by atoms with van der Waals surface area (Å²) in [7, 11) is 0. The Balaban J connectivity index is 1.63. The first-order valence-electron chi connectivity index (χ1n) is 11.5. The number of carbonyl (C=O) groups is 2. The van der Waals surface area contributed by atoms with Gasteiger partial charge in [0, 0.05) is 31.3 Å². The van der Waals surface area contributed by atoms with E-state index in [-0.39, 0.29) is 22.8 Å². The van der Waals surface area contributed by atoms with E-state index in [4.69, 9.17) is 10.6 Å². The summed E-state index contributed by atoms with van der Waals surface area (Å²) in [5.74, 6) is 2.53. The second-order valence-electron chi connectivity index (χ2n) is 10.4. The number of hydrogen-bond donors (Lipinski definition) is 2. The zero-order chi connectivity index (χ0) is 20.8. The Hall–Kier alpha value is -1.43. The number of Topliss-reactive ketones (excluding diaryl/α,β-unsaturated/α-hetero) is 1. The van der Waals surface area contributed by atoms with E-state index < -0.39 is 0 Å². The molecule has 0 heterocycles. The highest BCUT2D eigenvalue weighted by Gasteiger charge is 2.62. The van der Waals surface area contributed by atoms with Gasteiger partial charge in [-0.05, 0) is 74.0 Å². The quantitative estimate of drug-likeness (QED) is 0.557. The molecule has 0 spiro atoms. The number of fused-ring (bicyclic) bond motifs is 5. The van der Waals surface area contributed by atoms with Gasteiger partial charge in [0.15, 0.2) is 0 Å². The third-order valence-corrected chi connectivity index (χ3v) is 9.05. The summed E-state index contributed by atoms with van der Waals surface area (Å²) >= 11 is 0. The van der Waals surface area contributed by atoms with Gasteiger partial charge in [0.05, 0.1) is 5.71 Å². The lowest BCUT2D eigenvalue weighted by Crippen LogP contribution is -2.61. The highest BCUT2D eigenvalue weighted by atomic mass is 16.6. The molecule has 4 saturated carbocycles. The van der Waals surface area contributed by atoms with E-state index in [0.717, 1.165) is 57.1 Å². The fraction of sp³-hybridized carbons (Fsp3) is 0.870. The summed E-state index contributed by atoms with van der Waals surface area (Å²) in [5, 5.41) is 7.66. The highest BCUT2D eigenvalue weighted by Crippen LogP contribution is 2.65. The van der Waals surface area contributed by atoms with Gasteiger partial charge in [-0.1, -0.05) is 19.0 Å². The molecule has 3 N–H and O–H groups in total. The monoisotopic (exact) mass is 403 g/mol. The van der Waals surface area contributed by atoms with E-state index in [2.05, 4.69) is 24.3 Å². The maximum Gasteiger partial charge on any atom is 0.217 e. The maximum atomic E-state index is 12.7. The van der Waals surface area contributed by atoms with Crippen LogP contribution in [-0.2, 0) is 14.4 Å². The van der Waals surface area contributed by atoms with Crippen molar-refractivity contribution in [1.82, 2.24) is 5.32 Å². The Morgan fingerprint density at radius 3 is 2.72 bits per heavy atom. The van der Waals surface area contributed by atoms with Gasteiger partial charge in [-0.3, -0.25) is 9.59 Å². The van der Waals surface area contributed by atoms with Crippen LogP contribution >= 0.6 is 0 Å². The molecule has 0 saturated heterocycles. The van der Waals surface area contributed by atoms with Crippen molar-refractivity contribution in [2.45, 2.75) is 78.2 Å². The first-order valence-corrected chi connectivity index (χ1v) is 11.5. The number of nitrogens with one attached hydrogen (secondary N) is 1. The van der Waals surface area contributed by atoms with Gasteiger partial charge in [-0.25, -0.2) is 0 Å². The van der Waals surface area contributed by atoms with Gasteiger partial charge in [0.1, 0.15) is 12.4 Å². The number of ketones is 1. The van der Waals surface area contributed by atoms with Crippen molar-refractivity contribution in [2.24, 2.45) is 45.4 Å². The predicted molar refractivity (Wildman–Crippen MR) is 112 cm³/mol. The lowest BCUT2D eigenvalue weighted by Gasteiger charge is -2.61. The zero-order valence-corrected chi connectivity index (χ0v) is 18.2. The van der Waals surface area contributed by atoms with Gasteiger partial charge in [0.25, 0.3) is 0 Å². The van der Waals surface area contributed by atoms with Crippen LogP contribution in [0.5, 0.6) is 0 Å². The second kappa shape index (κ2) is 7.68. The summed E-state index contributed by atoms with van der Waals surface area (Å²) in [6, 6.07) is 0.150. The largest absolute Gasteiger partial charge is 0.395 e. The molecule has 4 aliphatic carbocycles. The molecule has 29 heavy (non-hydrogen) atoms. The first kappa shape index (κ1) is 20.8. The van der Waals surface area contributed by atoms with Crippen molar-refractivity contribution in [3.8, 4) is 0 Å². The maximum absolute atomic E-state index is 12.7. The number of oxime groups is 1. The van der Waals surface area contributed by atoms with Gasteiger partial charge in [-0.15, -0.1) is 0 Å². The predicted octanol–water partition coefficient (Wildman–Crippen LogP) is 3.04. The van der Waals surface area contributed by atoms with Crippen LogP contribution in [0.15, 0.2) is 5.16 Å². The average Bonchev–Trinajstić information content (AvgIpc) is 2.97. The molecular formula is C23H37N3O3. The Morgan fingerprint density at radius 2 is 2.00 bits per heavy atom. The van der Waals surface area contributed by atoms with Crippen LogP contribution in [0, 0.1) is 34.5 Å². The van der Waals surface area contributed by atoms with E-state index in [0.29, 0.717) is 42.6 Å². The second-order valence-corrected chi connectivity index (χ2v) is 10.4. The van der Waals surface area contributed by atoms with Crippen molar-refractivity contribution >= 4 is 17.4 Å². The standard InChI is InChI=1S/C23H37N3O3/c1-14(27)25-20-13-16-17-4-5-21(28)23(17,3)9-7-18(16)22(2)8-6-15(12-19(20)22)26-29-11-10-24/h16-20H,4-13,24H2,1-3H3,(H,25,27)/b26-15-/t16-,17-,18-,19?,20-,22+,23-/m0/s1. The SMILES string of the molecule is CC(=O)N[C@H]1C[C@@H]2[C@H](CC[C@]3(C)C(=O)CC[C@@H]23)[C@@]2(C)CC/C(=N/OCCN)CC12. The van der Waals surface area contributed by atoms with Crippen molar-refractivity contribution in [3.63, 3.8) is 0 Å². The third-order valence-electron chi connectivity index (χ3n) is 9.05. The minimum Gasteiger partial charge on any atom is -0.395 e. The van der Waals surface area contributed by atoms with Crippen LogP contribution in [0.2, 0.25) is 0 Å². The molecule has 4 fully saturated rings. The Kier molecular flexibility index (Phi) is 5.51. The molecule has 6 nitrogen and oxygen atoms in total. The fourth-order valence-corrected chi connectivity index (χ4v) is 7.61. The molecule has 0 radical (unpaired) electrons. The number of amides is 1.